The lowest BCUT2D eigenvalue weighted by Gasteiger charge is -2.35. The third-order valence-corrected chi connectivity index (χ3v) is 4.66. The molecule has 2 N–H and O–H groups in total. The van der Waals surface area contributed by atoms with Crippen molar-refractivity contribution in [1.29, 1.82) is 0 Å². The van der Waals surface area contributed by atoms with Gasteiger partial charge in [0.15, 0.2) is 0 Å². The fraction of sp³-hybridized carbons (Fsp3) is 0.238. The van der Waals surface area contributed by atoms with E-state index in [0.29, 0.717) is 5.95 Å². The van der Waals surface area contributed by atoms with Gasteiger partial charge >= 0.3 is 0 Å². The first-order chi connectivity index (χ1) is 14.2. The summed E-state index contributed by atoms with van der Waals surface area (Å²) in [5.41, 5.74) is 1.65. The Hall–Kier alpha value is -3.68. The highest BCUT2D eigenvalue weighted by Crippen LogP contribution is 2.20. The zero-order valence-corrected chi connectivity index (χ0v) is 16.2. The molecule has 0 bridgehead atoms. The summed E-state index contributed by atoms with van der Waals surface area (Å²) in [4.78, 5) is 29.1. The van der Waals surface area contributed by atoms with Gasteiger partial charge in [0.05, 0.1) is 0 Å². The number of amides is 1. The van der Waals surface area contributed by atoms with Gasteiger partial charge in [-0.3, -0.25) is 4.79 Å². The van der Waals surface area contributed by atoms with E-state index < -0.39 is 0 Å². The number of rotatable bonds is 5. The van der Waals surface area contributed by atoms with Gasteiger partial charge in [0.25, 0.3) is 0 Å². The van der Waals surface area contributed by atoms with E-state index in [0.717, 1.165) is 49.2 Å². The molecule has 8 heteroatoms. The number of hydrogen-bond donors (Lipinski definition) is 2. The lowest BCUT2D eigenvalue weighted by molar-refractivity contribution is -0.114. The first-order valence-corrected chi connectivity index (χ1v) is 9.56. The number of aromatic nitrogens is 3. The molecule has 148 valence electrons. The molecule has 1 aliphatic heterocycles. The quantitative estimate of drug-likeness (QED) is 0.694. The lowest BCUT2D eigenvalue weighted by Crippen LogP contribution is -2.47. The van der Waals surface area contributed by atoms with Gasteiger partial charge in [-0.05, 0) is 42.5 Å². The summed E-state index contributed by atoms with van der Waals surface area (Å²) >= 11 is 0. The van der Waals surface area contributed by atoms with Crippen molar-refractivity contribution in [3.05, 3.63) is 60.9 Å². The zero-order valence-electron chi connectivity index (χ0n) is 16.2. The number of carbonyl (C=O) groups is 1. The van der Waals surface area contributed by atoms with Gasteiger partial charge in [-0.2, -0.15) is 4.98 Å². The summed E-state index contributed by atoms with van der Waals surface area (Å²) in [5, 5.41) is 6.04. The van der Waals surface area contributed by atoms with Crippen LogP contribution in [0.4, 0.5) is 29.0 Å². The van der Waals surface area contributed by atoms with E-state index in [1.807, 2.05) is 54.7 Å². The molecule has 8 nitrogen and oxygen atoms in total. The molecule has 0 spiro atoms. The second kappa shape index (κ2) is 8.55. The first kappa shape index (κ1) is 18.7. The summed E-state index contributed by atoms with van der Waals surface area (Å²) < 4.78 is 0. The molecule has 1 amide bonds. The van der Waals surface area contributed by atoms with Crippen LogP contribution in [0.2, 0.25) is 0 Å². The van der Waals surface area contributed by atoms with Gasteiger partial charge in [0.2, 0.25) is 11.9 Å². The normalized spacial score (nSPS) is 13.8. The Morgan fingerprint density at radius 2 is 1.59 bits per heavy atom. The smallest absolute Gasteiger partial charge is 0.227 e. The van der Waals surface area contributed by atoms with Crippen molar-refractivity contribution >= 4 is 34.9 Å². The number of nitrogens with zero attached hydrogens (tertiary/aromatic N) is 5. The Balaban J connectivity index is 1.38. The number of nitrogens with one attached hydrogen (secondary N) is 2. The van der Waals surface area contributed by atoms with Crippen molar-refractivity contribution in [2.24, 2.45) is 0 Å². The molecular formula is C21H23N7O. The summed E-state index contributed by atoms with van der Waals surface area (Å²) in [6.45, 7) is 4.92. The molecule has 3 heterocycles. The second-order valence-electron chi connectivity index (χ2n) is 6.79. The average molecular weight is 389 g/mol. The van der Waals surface area contributed by atoms with Crippen molar-refractivity contribution in [3.8, 4) is 0 Å². The maximum absolute atomic E-state index is 11.1. The summed E-state index contributed by atoms with van der Waals surface area (Å²) in [6, 6.07) is 15.3. The van der Waals surface area contributed by atoms with Crippen molar-refractivity contribution in [1.82, 2.24) is 15.0 Å². The van der Waals surface area contributed by atoms with E-state index in [4.69, 9.17) is 0 Å². The first-order valence-electron chi connectivity index (χ1n) is 9.56. The Morgan fingerprint density at radius 1 is 0.862 bits per heavy atom. The molecule has 1 aliphatic rings. The molecule has 4 rings (SSSR count). The molecule has 1 fully saturated rings. The third-order valence-electron chi connectivity index (χ3n) is 4.66. The van der Waals surface area contributed by atoms with Crippen LogP contribution >= 0.6 is 0 Å². The summed E-state index contributed by atoms with van der Waals surface area (Å²) in [7, 11) is 0. The standard InChI is InChI=1S/C21H23N7O/c1-16(29)24-17-5-7-18(8-6-17)25-19-9-11-23-21(26-19)28-14-12-27(13-15-28)20-4-2-3-10-22-20/h2-11H,12-15H2,1H3,(H,24,29)(H,23,25,26). The highest BCUT2D eigenvalue weighted by Gasteiger charge is 2.20. The Labute approximate surface area is 169 Å². The Morgan fingerprint density at radius 3 is 2.28 bits per heavy atom. The molecule has 0 aliphatic carbocycles. The number of piperazine rings is 1. The number of carbonyl (C=O) groups excluding carboxylic acids is 1. The fourth-order valence-electron chi connectivity index (χ4n) is 3.23. The van der Waals surface area contributed by atoms with Crippen LogP contribution in [0.25, 0.3) is 0 Å². The Kier molecular flexibility index (Phi) is 5.51. The van der Waals surface area contributed by atoms with Crippen molar-refractivity contribution in [3.63, 3.8) is 0 Å². The number of anilines is 5. The highest BCUT2D eigenvalue weighted by molar-refractivity contribution is 5.88. The van der Waals surface area contributed by atoms with Crippen molar-refractivity contribution in [2.75, 3.05) is 46.6 Å². The zero-order chi connectivity index (χ0) is 20.1. The minimum Gasteiger partial charge on any atom is -0.353 e. The third kappa shape index (κ3) is 4.78. The highest BCUT2D eigenvalue weighted by atomic mass is 16.1. The topological polar surface area (TPSA) is 86.3 Å². The maximum Gasteiger partial charge on any atom is 0.227 e. The van der Waals surface area contributed by atoms with E-state index in [1.165, 1.54) is 6.92 Å². The molecule has 0 saturated carbocycles. The van der Waals surface area contributed by atoms with Crippen LogP contribution in [0, 0.1) is 0 Å². The van der Waals surface area contributed by atoms with E-state index in [9.17, 15) is 4.79 Å². The van der Waals surface area contributed by atoms with E-state index in [-0.39, 0.29) is 5.91 Å². The molecule has 2 aromatic heterocycles. The minimum absolute atomic E-state index is 0.0886. The van der Waals surface area contributed by atoms with Crippen LogP contribution in [0.5, 0.6) is 0 Å². The van der Waals surface area contributed by atoms with Gasteiger partial charge in [0, 0.05) is 56.9 Å². The lowest BCUT2D eigenvalue weighted by atomic mass is 10.2. The average Bonchev–Trinajstić information content (AvgIpc) is 2.76. The molecule has 1 aromatic carbocycles. The van der Waals surface area contributed by atoms with Crippen LogP contribution in [0.15, 0.2) is 60.9 Å². The molecule has 29 heavy (non-hydrogen) atoms. The van der Waals surface area contributed by atoms with E-state index in [1.54, 1.807) is 6.20 Å². The van der Waals surface area contributed by atoms with Gasteiger partial charge in [-0.15, -0.1) is 0 Å². The second-order valence-corrected chi connectivity index (χ2v) is 6.79. The number of benzene rings is 1. The van der Waals surface area contributed by atoms with Crippen LogP contribution in [0.1, 0.15) is 6.92 Å². The van der Waals surface area contributed by atoms with Crippen LogP contribution in [0.3, 0.4) is 0 Å². The van der Waals surface area contributed by atoms with E-state index >= 15 is 0 Å². The van der Waals surface area contributed by atoms with Crippen molar-refractivity contribution < 1.29 is 4.79 Å². The van der Waals surface area contributed by atoms with Gasteiger partial charge in [-0.1, -0.05) is 6.07 Å². The molecule has 3 aromatic rings. The van der Waals surface area contributed by atoms with Gasteiger partial charge in [0.1, 0.15) is 11.6 Å². The van der Waals surface area contributed by atoms with E-state index in [2.05, 4.69) is 35.4 Å². The summed E-state index contributed by atoms with van der Waals surface area (Å²) in [5.74, 6) is 2.36. The molecular weight excluding hydrogens is 366 g/mol. The maximum atomic E-state index is 11.1. The summed E-state index contributed by atoms with van der Waals surface area (Å²) in [6.07, 6.45) is 3.59. The monoisotopic (exact) mass is 389 g/mol. The van der Waals surface area contributed by atoms with Crippen LogP contribution in [-0.4, -0.2) is 47.0 Å². The van der Waals surface area contributed by atoms with Gasteiger partial charge in [-0.25, -0.2) is 9.97 Å². The number of pyridine rings is 1. The molecule has 0 atom stereocenters. The largest absolute Gasteiger partial charge is 0.353 e. The van der Waals surface area contributed by atoms with Crippen LogP contribution < -0.4 is 20.4 Å². The molecule has 0 unspecified atom stereocenters. The Bertz CT molecular complexity index is 954. The fourth-order valence-corrected chi connectivity index (χ4v) is 3.23. The molecule has 0 radical (unpaired) electrons. The van der Waals surface area contributed by atoms with Gasteiger partial charge < -0.3 is 20.4 Å². The molecule has 1 saturated heterocycles. The van der Waals surface area contributed by atoms with Crippen molar-refractivity contribution in [2.45, 2.75) is 6.92 Å². The predicted molar refractivity (Wildman–Crippen MR) is 115 cm³/mol. The minimum atomic E-state index is -0.0886. The predicted octanol–water partition coefficient (Wildman–Crippen LogP) is 2.90. The van der Waals surface area contributed by atoms with Crippen LogP contribution in [-0.2, 0) is 4.79 Å². The number of hydrogen-bond acceptors (Lipinski definition) is 7. The SMILES string of the molecule is CC(=O)Nc1ccc(Nc2ccnc(N3CCN(c4ccccn4)CC3)n2)cc1.